The molecule has 1 amide bonds. The van der Waals surface area contributed by atoms with E-state index in [0.717, 1.165) is 22.5 Å². The predicted octanol–water partition coefficient (Wildman–Crippen LogP) is 2.73. The van der Waals surface area contributed by atoms with Crippen LogP contribution in [-0.4, -0.2) is 30.8 Å². The summed E-state index contributed by atoms with van der Waals surface area (Å²) in [6, 6.07) is 24.8. The molecule has 180 valence electrons. The minimum atomic E-state index is -0.00625. The number of aromatic hydroxyl groups is 1. The van der Waals surface area contributed by atoms with Gasteiger partial charge in [-0.1, -0.05) is 66.7 Å². The molecule has 4 rings (SSSR count). The van der Waals surface area contributed by atoms with Crippen LogP contribution in [0.15, 0.2) is 107 Å². The van der Waals surface area contributed by atoms with Gasteiger partial charge >= 0.3 is 0 Å². The molecule has 0 atom stereocenters. The second-order valence-electron chi connectivity index (χ2n) is 8.48. The molecular formula is C28H28BN5O2. The van der Waals surface area contributed by atoms with E-state index in [9.17, 15) is 9.90 Å². The standard InChI is InChI=1S/C28H28BN5O2/c29-23(16-30)28-33-24(22-8-4-5-9-25(22)35)15-26(34-28)31-17-20-10-12-21(13-11-20)18-32-27(36)14-19-6-2-1-3-7-19/h1-13,15-16,30-31,34-35H,14,17-18,29H2,(H,32,36)/b28-23+,30-16?. The lowest BCUT2D eigenvalue weighted by atomic mass is 9.96. The number of phenolic OH excluding ortho intramolecular Hbond substituents is 1. The van der Waals surface area contributed by atoms with Gasteiger partial charge in [0.1, 0.15) is 25.2 Å². The van der Waals surface area contributed by atoms with Crippen molar-refractivity contribution in [3.63, 3.8) is 0 Å². The number of hydrogen-bond donors (Lipinski definition) is 5. The lowest BCUT2D eigenvalue weighted by Gasteiger charge is -2.21. The Bertz CT molecular complexity index is 1330. The summed E-state index contributed by atoms with van der Waals surface area (Å²) in [5.41, 5.74) is 4.98. The Labute approximate surface area is 211 Å². The van der Waals surface area contributed by atoms with E-state index in [1.807, 2.05) is 80.7 Å². The maximum Gasteiger partial charge on any atom is 0.224 e. The Morgan fingerprint density at radius 3 is 2.31 bits per heavy atom. The van der Waals surface area contributed by atoms with Crippen LogP contribution in [0.1, 0.15) is 22.3 Å². The molecule has 0 bridgehead atoms. The molecule has 7 nitrogen and oxygen atoms in total. The molecule has 0 aromatic heterocycles. The van der Waals surface area contributed by atoms with E-state index >= 15 is 0 Å². The number of benzene rings is 3. The first kappa shape index (κ1) is 24.5. The lowest BCUT2D eigenvalue weighted by Crippen LogP contribution is -2.30. The van der Waals surface area contributed by atoms with Crippen molar-refractivity contribution in [2.75, 3.05) is 0 Å². The predicted molar refractivity (Wildman–Crippen MR) is 145 cm³/mol. The summed E-state index contributed by atoms with van der Waals surface area (Å²) in [5, 5.41) is 27.4. The molecule has 1 aliphatic heterocycles. The van der Waals surface area contributed by atoms with Crippen molar-refractivity contribution in [2.45, 2.75) is 19.5 Å². The summed E-state index contributed by atoms with van der Waals surface area (Å²) in [4.78, 5) is 16.8. The number of rotatable bonds is 9. The van der Waals surface area contributed by atoms with Gasteiger partial charge in [0.15, 0.2) is 0 Å². The third-order valence-electron chi connectivity index (χ3n) is 5.74. The molecule has 8 heteroatoms. The van der Waals surface area contributed by atoms with E-state index in [0.29, 0.717) is 42.1 Å². The third kappa shape index (κ3) is 6.51. The first-order valence-corrected chi connectivity index (χ1v) is 11.7. The number of aliphatic imine (C=N–C) groups is 1. The fraction of sp³-hybridized carbons (Fsp3) is 0.107. The van der Waals surface area contributed by atoms with Gasteiger partial charge in [-0.15, -0.1) is 0 Å². The van der Waals surface area contributed by atoms with E-state index in [-0.39, 0.29) is 11.7 Å². The maximum atomic E-state index is 12.2. The smallest absolute Gasteiger partial charge is 0.224 e. The number of allylic oxidation sites excluding steroid dienone is 2. The van der Waals surface area contributed by atoms with Gasteiger partial charge in [-0.3, -0.25) is 4.79 Å². The molecule has 0 saturated heterocycles. The van der Waals surface area contributed by atoms with E-state index in [1.54, 1.807) is 12.1 Å². The van der Waals surface area contributed by atoms with Crippen LogP contribution in [0.5, 0.6) is 5.75 Å². The summed E-state index contributed by atoms with van der Waals surface area (Å²) in [6.45, 7) is 1.04. The molecule has 5 N–H and O–H groups in total. The fourth-order valence-corrected chi connectivity index (χ4v) is 3.68. The van der Waals surface area contributed by atoms with E-state index in [1.165, 1.54) is 6.21 Å². The second-order valence-corrected chi connectivity index (χ2v) is 8.48. The molecule has 0 radical (unpaired) electrons. The van der Waals surface area contributed by atoms with Gasteiger partial charge in [0.2, 0.25) is 5.91 Å². The monoisotopic (exact) mass is 477 g/mol. The number of amides is 1. The Hall–Kier alpha value is -4.59. The number of nitrogens with zero attached hydrogens (tertiary/aromatic N) is 1. The zero-order valence-corrected chi connectivity index (χ0v) is 20.1. The molecular weight excluding hydrogens is 449 g/mol. The average molecular weight is 477 g/mol. The number of para-hydroxylation sites is 1. The van der Waals surface area contributed by atoms with Crippen LogP contribution in [0.4, 0.5) is 0 Å². The van der Waals surface area contributed by atoms with Crippen molar-refractivity contribution >= 4 is 25.7 Å². The van der Waals surface area contributed by atoms with Crippen LogP contribution in [0.25, 0.3) is 0 Å². The molecule has 3 aromatic carbocycles. The van der Waals surface area contributed by atoms with Crippen molar-refractivity contribution in [3.05, 3.63) is 124 Å². The highest BCUT2D eigenvalue weighted by Gasteiger charge is 2.15. The highest BCUT2D eigenvalue weighted by molar-refractivity contribution is 6.33. The van der Waals surface area contributed by atoms with Crippen LogP contribution >= 0.6 is 0 Å². The number of phenols is 1. The van der Waals surface area contributed by atoms with Crippen molar-refractivity contribution < 1.29 is 9.90 Å². The summed E-state index contributed by atoms with van der Waals surface area (Å²) < 4.78 is 0. The Kier molecular flexibility index (Phi) is 7.98. The normalized spacial score (nSPS) is 14.1. The molecule has 0 spiro atoms. The zero-order valence-electron chi connectivity index (χ0n) is 20.1. The van der Waals surface area contributed by atoms with Gasteiger partial charge in [-0.2, -0.15) is 0 Å². The van der Waals surface area contributed by atoms with Gasteiger partial charge in [0.25, 0.3) is 0 Å². The van der Waals surface area contributed by atoms with E-state index in [2.05, 4.69) is 20.9 Å². The molecule has 0 fully saturated rings. The van der Waals surface area contributed by atoms with Crippen LogP contribution in [0.2, 0.25) is 0 Å². The van der Waals surface area contributed by atoms with Gasteiger partial charge in [-0.05, 0) is 34.3 Å². The van der Waals surface area contributed by atoms with Gasteiger partial charge in [-0.25, -0.2) is 4.99 Å². The first-order valence-electron chi connectivity index (χ1n) is 11.7. The number of hydrogen-bond acceptors (Lipinski definition) is 6. The average Bonchev–Trinajstić information content (AvgIpc) is 2.91. The summed E-state index contributed by atoms with van der Waals surface area (Å²) in [5.74, 6) is 1.41. The molecule has 0 unspecified atom stereocenters. The number of nitrogens with one attached hydrogen (secondary N) is 4. The van der Waals surface area contributed by atoms with Crippen molar-refractivity contribution in [2.24, 2.45) is 4.99 Å². The van der Waals surface area contributed by atoms with Crippen molar-refractivity contribution in [3.8, 4) is 5.75 Å². The topological polar surface area (TPSA) is 110 Å². The maximum absolute atomic E-state index is 12.2. The second kappa shape index (κ2) is 11.7. The highest BCUT2D eigenvalue weighted by Crippen LogP contribution is 2.21. The van der Waals surface area contributed by atoms with E-state index < -0.39 is 0 Å². The number of carbonyl (C=O) groups is 1. The Balaban J connectivity index is 1.37. The lowest BCUT2D eigenvalue weighted by molar-refractivity contribution is -0.120. The number of carbonyl (C=O) groups excluding carboxylic acids is 1. The van der Waals surface area contributed by atoms with E-state index in [4.69, 9.17) is 5.41 Å². The largest absolute Gasteiger partial charge is 0.507 e. The van der Waals surface area contributed by atoms with Crippen LogP contribution in [-0.2, 0) is 24.3 Å². The minimum Gasteiger partial charge on any atom is -0.507 e. The summed E-state index contributed by atoms with van der Waals surface area (Å²) in [6.07, 6.45) is 3.45. The third-order valence-corrected chi connectivity index (χ3v) is 5.74. The van der Waals surface area contributed by atoms with Gasteiger partial charge < -0.3 is 26.5 Å². The van der Waals surface area contributed by atoms with Gasteiger partial charge in [0.05, 0.1) is 12.1 Å². The minimum absolute atomic E-state index is 0.00625. The highest BCUT2D eigenvalue weighted by atomic mass is 16.3. The van der Waals surface area contributed by atoms with Gasteiger partial charge in [0, 0.05) is 30.9 Å². The molecule has 1 aliphatic rings. The Morgan fingerprint density at radius 1 is 0.944 bits per heavy atom. The molecule has 3 aromatic rings. The zero-order chi connectivity index (χ0) is 25.3. The summed E-state index contributed by atoms with van der Waals surface area (Å²) in [7, 11) is 1.81. The van der Waals surface area contributed by atoms with Crippen LogP contribution in [0, 0.1) is 5.41 Å². The van der Waals surface area contributed by atoms with Crippen LogP contribution in [0.3, 0.4) is 0 Å². The first-order chi connectivity index (χ1) is 17.5. The molecule has 0 aliphatic carbocycles. The summed E-state index contributed by atoms with van der Waals surface area (Å²) >= 11 is 0. The Morgan fingerprint density at radius 2 is 1.61 bits per heavy atom. The SMILES string of the molecule is B/C(C=N)=C1\N=C(c2ccccc2O)C=C(NCc2ccc(CNC(=O)Cc3ccccc3)cc2)N1. The van der Waals surface area contributed by atoms with Crippen molar-refractivity contribution in [1.29, 1.82) is 5.41 Å². The molecule has 36 heavy (non-hydrogen) atoms. The quantitative estimate of drug-likeness (QED) is 0.241. The van der Waals surface area contributed by atoms with Crippen LogP contribution < -0.4 is 16.0 Å². The fourth-order valence-electron chi connectivity index (χ4n) is 3.68. The molecule has 0 saturated carbocycles. The molecule has 1 heterocycles. The van der Waals surface area contributed by atoms with Crippen molar-refractivity contribution in [1.82, 2.24) is 16.0 Å².